The van der Waals surface area contributed by atoms with Gasteiger partial charge in [-0.1, -0.05) is 0 Å². The molecule has 0 amide bonds. The number of hydrogen-bond donors (Lipinski definition) is 1. The Hall–Kier alpha value is -0.640. The molecule has 1 saturated heterocycles. The quantitative estimate of drug-likeness (QED) is 0.857. The zero-order valence-electron chi connectivity index (χ0n) is 8.69. The number of nitrogens with zero attached hydrogens (tertiary/aromatic N) is 1. The fourth-order valence-electron chi connectivity index (χ4n) is 1.66. The largest absolute Gasteiger partial charge is 0.373 e. The molecule has 0 unspecified atom stereocenters. The molecule has 4 heteroatoms. The molecule has 0 aliphatic carbocycles. The minimum Gasteiger partial charge on any atom is -0.373 e. The van der Waals surface area contributed by atoms with Crippen LogP contribution in [0.25, 0.3) is 0 Å². The summed E-state index contributed by atoms with van der Waals surface area (Å²) in [5.74, 6) is 0. The predicted molar refractivity (Wildman–Crippen MR) is 62.2 cm³/mol. The highest BCUT2D eigenvalue weighted by molar-refractivity contribution is 5.85. The molecule has 1 aromatic heterocycles. The first kappa shape index (κ1) is 12.4. The van der Waals surface area contributed by atoms with Gasteiger partial charge in [-0.2, -0.15) is 0 Å². The minimum atomic E-state index is 0. The second kappa shape index (κ2) is 6.77. The van der Waals surface area contributed by atoms with Crippen molar-refractivity contribution in [2.75, 3.05) is 13.1 Å². The number of aromatic nitrogens is 1. The van der Waals surface area contributed by atoms with E-state index in [2.05, 4.69) is 10.3 Å². The first-order chi connectivity index (χ1) is 6.95. The highest BCUT2D eigenvalue weighted by atomic mass is 35.5. The topological polar surface area (TPSA) is 34.1 Å². The summed E-state index contributed by atoms with van der Waals surface area (Å²) in [5, 5.41) is 3.32. The van der Waals surface area contributed by atoms with Crippen molar-refractivity contribution in [3.05, 3.63) is 30.1 Å². The summed E-state index contributed by atoms with van der Waals surface area (Å²) in [5.41, 5.74) is 1.21. The normalized spacial score (nSPS) is 17.1. The van der Waals surface area contributed by atoms with Crippen molar-refractivity contribution in [1.29, 1.82) is 0 Å². The Labute approximate surface area is 96.7 Å². The van der Waals surface area contributed by atoms with Crippen LogP contribution in [0.5, 0.6) is 0 Å². The van der Waals surface area contributed by atoms with E-state index in [1.807, 2.05) is 12.1 Å². The summed E-state index contributed by atoms with van der Waals surface area (Å²) in [6, 6.07) is 4.00. The summed E-state index contributed by atoms with van der Waals surface area (Å²) in [4.78, 5) is 3.97. The lowest BCUT2D eigenvalue weighted by Gasteiger charge is -2.22. The van der Waals surface area contributed by atoms with Crippen LogP contribution in [-0.2, 0) is 11.3 Å². The maximum atomic E-state index is 5.80. The van der Waals surface area contributed by atoms with Crippen molar-refractivity contribution in [3.63, 3.8) is 0 Å². The molecule has 0 aromatic carbocycles. The monoisotopic (exact) mass is 228 g/mol. The van der Waals surface area contributed by atoms with Crippen LogP contribution in [0, 0.1) is 0 Å². The van der Waals surface area contributed by atoms with Crippen LogP contribution in [0.3, 0.4) is 0 Å². The molecule has 1 N–H and O–H groups in total. The molecular weight excluding hydrogens is 212 g/mol. The maximum Gasteiger partial charge on any atom is 0.0721 e. The molecule has 1 fully saturated rings. The molecule has 0 spiro atoms. The summed E-state index contributed by atoms with van der Waals surface area (Å²) in [6.07, 6.45) is 6.31. The molecule has 84 valence electrons. The molecule has 2 heterocycles. The molecule has 0 saturated carbocycles. The van der Waals surface area contributed by atoms with Gasteiger partial charge in [-0.05, 0) is 43.6 Å². The van der Waals surface area contributed by atoms with E-state index in [4.69, 9.17) is 4.74 Å². The molecule has 3 nitrogen and oxygen atoms in total. The van der Waals surface area contributed by atoms with E-state index in [-0.39, 0.29) is 12.4 Å². The Morgan fingerprint density at radius 2 is 1.93 bits per heavy atom. The van der Waals surface area contributed by atoms with Crippen LogP contribution in [-0.4, -0.2) is 24.2 Å². The van der Waals surface area contributed by atoms with Gasteiger partial charge >= 0.3 is 0 Å². The third-order valence-electron chi connectivity index (χ3n) is 2.52. The molecule has 0 bridgehead atoms. The summed E-state index contributed by atoms with van der Waals surface area (Å²) < 4.78 is 5.80. The number of hydrogen-bond acceptors (Lipinski definition) is 3. The van der Waals surface area contributed by atoms with E-state index in [1.54, 1.807) is 12.4 Å². The third kappa shape index (κ3) is 4.16. The lowest BCUT2D eigenvalue weighted by Crippen LogP contribution is -2.32. The molecule has 1 aliphatic rings. The minimum absolute atomic E-state index is 0. The number of rotatable bonds is 3. The fourth-order valence-corrected chi connectivity index (χ4v) is 1.66. The zero-order valence-corrected chi connectivity index (χ0v) is 9.50. The zero-order chi connectivity index (χ0) is 9.64. The lowest BCUT2D eigenvalue weighted by molar-refractivity contribution is 0.0212. The Kier molecular flexibility index (Phi) is 5.61. The van der Waals surface area contributed by atoms with Crippen molar-refractivity contribution in [1.82, 2.24) is 10.3 Å². The number of ether oxygens (including phenoxy) is 1. The molecule has 1 aromatic rings. The molecular formula is C11H17ClN2O. The number of halogens is 1. The number of nitrogens with one attached hydrogen (secondary N) is 1. The highest BCUT2D eigenvalue weighted by Gasteiger charge is 2.12. The van der Waals surface area contributed by atoms with Crippen molar-refractivity contribution < 1.29 is 4.74 Å². The maximum absolute atomic E-state index is 5.80. The van der Waals surface area contributed by atoms with E-state index in [0.717, 1.165) is 25.9 Å². The van der Waals surface area contributed by atoms with Crippen molar-refractivity contribution in [3.8, 4) is 0 Å². The first-order valence-electron chi connectivity index (χ1n) is 5.16. The van der Waals surface area contributed by atoms with Crippen LogP contribution in [0.15, 0.2) is 24.5 Å². The third-order valence-corrected chi connectivity index (χ3v) is 2.52. The number of piperidine rings is 1. The van der Waals surface area contributed by atoms with E-state index in [1.165, 1.54) is 5.56 Å². The van der Waals surface area contributed by atoms with Crippen LogP contribution in [0.1, 0.15) is 18.4 Å². The van der Waals surface area contributed by atoms with Crippen LogP contribution >= 0.6 is 12.4 Å². The summed E-state index contributed by atoms with van der Waals surface area (Å²) in [6.45, 7) is 2.88. The van der Waals surface area contributed by atoms with Gasteiger partial charge in [0.15, 0.2) is 0 Å². The number of pyridine rings is 1. The van der Waals surface area contributed by atoms with E-state index >= 15 is 0 Å². The smallest absolute Gasteiger partial charge is 0.0721 e. The average Bonchev–Trinajstić information content (AvgIpc) is 2.29. The van der Waals surface area contributed by atoms with E-state index in [0.29, 0.717) is 12.7 Å². The average molecular weight is 229 g/mol. The van der Waals surface area contributed by atoms with Gasteiger partial charge < -0.3 is 10.1 Å². The van der Waals surface area contributed by atoms with Gasteiger partial charge in [0.1, 0.15) is 0 Å². The molecule has 2 rings (SSSR count). The van der Waals surface area contributed by atoms with E-state index < -0.39 is 0 Å². The Morgan fingerprint density at radius 1 is 1.27 bits per heavy atom. The first-order valence-corrected chi connectivity index (χ1v) is 5.16. The highest BCUT2D eigenvalue weighted by Crippen LogP contribution is 2.10. The van der Waals surface area contributed by atoms with Crippen molar-refractivity contribution in [2.45, 2.75) is 25.6 Å². The summed E-state index contributed by atoms with van der Waals surface area (Å²) in [7, 11) is 0. The van der Waals surface area contributed by atoms with Gasteiger partial charge in [0.2, 0.25) is 0 Å². The van der Waals surface area contributed by atoms with Gasteiger partial charge in [-0.25, -0.2) is 0 Å². The van der Waals surface area contributed by atoms with Gasteiger partial charge in [0.25, 0.3) is 0 Å². The Morgan fingerprint density at radius 3 is 2.60 bits per heavy atom. The van der Waals surface area contributed by atoms with Crippen LogP contribution in [0.2, 0.25) is 0 Å². The van der Waals surface area contributed by atoms with Gasteiger partial charge in [-0.15, -0.1) is 12.4 Å². The van der Waals surface area contributed by atoms with Crippen LogP contribution in [0.4, 0.5) is 0 Å². The second-order valence-electron chi connectivity index (χ2n) is 3.62. The molecule has 15 heavy (non-hydrogen) atoms. The molecule has 0 radical (unpaired) electrons. The summed E-state index contributed by atoms with van der Waals surface area (Å²) >= 11 is 0. The Bertz CT molecular complexity index is 263. The molecule has 0 atom stereocenters. The van der Waals surface area contributed by atoms with Crippen molar-refractivity contribution in [2.24, 2.45) is 0 Å². The van der Waals surface area contributed by atoms with E-state index in [9.17, 15) is 0 Å². The van der Waals surface area contributed by atoms with Crippen LogP contribution < -0.4 is 5.32 Å². The van der Waals surface area contributed by atoms with Crippen molar-refractivity contribution >= 4 is 12.4 Å². The predicted octanol–water partition coefficient (Wildman–Crippen LogP) is 1.77. The second-order valence-corrected chi connectivity index (χ2v) is 3.62. The SMILES string of the molecule is Cl.c1cc(COC2CCNCC2)ccn1. The van der Waals surface area contributed by atoms with Gasteiger partial charge in [0.05, 0.1) is 12.7 Å². The fraction of sp³-hybridized carbons (Fsp3) is 0.545. The Balaban J connectivity index is 0.00000112. The standard InChI is InChI=1S/C11H16N2O.ClH/c1-5-12-6-2-10(1)9-14-11-3-7-13-8-4-11;/h1-2,5-6,11,13H,3-4,7-9H2;1H. The van der Waals surface area contributed by atoms with Gasteiger partial charge in [-0.3, -0.25) is 4.98 Å². The lowest BCUT2D eigenvalue weighted by atomic mass is 10.1. The molecule has 1 aliphatic heterocycles. The van der Waals surface area contributed by atoms with Gasteiger partial charge in [0, 0.05) is 12.4 Å².